The second kappa shape index (κ2) is 9.29. The Morgan fingerprint density at radius 3 is 2.25 bits per heavy atom. The lowest BCUT2D eigenvalue weighted by Crippen LogP contribution is -2.22. The van der Waals surface area contributed by atoms with Gasteiger partial charge in [0.15, 0.2) is 16.4 Å². The van der Waals surface area contributed by atoms with Gasteiger partial charge in [0.2, 0.25) is 0 Å². The fourth-order valence-electron chi connectivity index (χ4n) is 2.06. The minimum Gasteiger partial charge on any atom is -0.456 e. The van der Waals surface area contributed by atoms with Gasteiger partial charge < -0.3 is 10.1 Å². The summed E-state index contributed by atoms with van der Waals surface area (Å²) in [7, 11) is -3.69. The van der Waals surface area contributed by atoms with Crippen molar-refractivity contribution in [1.82, 2.24) is 0 Å². The summed E-state index contributed by atoms with van der Waals surface area (Å²) in [5.41, 5.74) is 0.156. The first-order valence-electron chi connectivity index (χ1n) is 7.85. The summed E-state index contributed by atoms with van der Waals surface area (Å²) in [4.78, 5) is 33.4. The molecule has 11 heteroatoms. The maximum absolute atomic E-state index is 12.1. The molecule has 2 rings (SSSR count). The van der Waals surface area contributed by atoms with E-state index in [1.54, 1.807) is 0 Å². The first kappa shape index (κ1) is 21.3. The van der Waals surface area contributed by atoms with Crippen LogP contribution in [0.5, 0.6) is 0 Å². The van der Waals surface area contributed by atoms with Crippen molar-refractivity contribution in [2.45, 2.75) is 11.3 Å². The van der Waals surface area contributed by atoms with Gasteiger partial charge in [-0.1, -0.05) is 11.6 Å². The Hall–Kier alpha value is -2.98. The van der Waals surface area contributed by atoms with Crippen LogP contribution in [0.2, 0.25) is 5.02 Å². The standard InChI is InChI=1S/C17H15ClN2O7S/c18-12-1-7-15(8-2-12)28(25,26)10-9-17(22)27-11-16(21)19-13-3-5-14(6-4-13)20(23)24/h1-8H,9-11H2,(H,19,21). The van der Waals surface area contributed by atoms with Crippen LogP contribution < -0.4 is 5.32 Å². The first-order chi connectivity index (χ1) is 13.2. The smallest absolute Gasteiger partial charge is 0.307 e. The van der Waals surface area contributed by atoms with E-state index < -0.39 is 45.4 Å². The summed E-state index contributed by atoms with van der Waals surface area (Å²) >= 11 is 5.70. The van der Waals surface area contributed by atoms with Gasteiger partial charge >= 0.3 is 5.97 Å². The molecule has 0 saturated heterocycles. The van der Waals surface area contributed by atoms with E-state index in [0.717, 1.165) is 0 Å². The quantitative estimate of drug-likeness (QED) is 0.389. The van der Waals surface area contributed by atoms with E-state index in [1.165, 1.54) is 48.5 Å². The normalized spacial score (nSPS) is 10.9. The number of non-ortho nitro benzene ring substituents is 1. The van der Waals surface area contributed by atoms with E-state index in [9.17, 15) is 28.1 Å². The summed E-state index contributed by atoms with van der Waals surface area (Å²) in [6, 6.07) is 10.6. The minimum atomic E-state index is -3.69. The van der Waals surface area contributed by atoms with E-state index in [0.29, 0.717) is 5.02 Å². The molecule has 0 aromatic heterocycles. The Labute approximate surface area is 165 Å². The second-order valence-corrected chi connectivity index (χ2v) is 8.08. The minimum absolute atomic E-state index is 0.0283. The molecule has 0 aliphatic carbocycles. The molecule has 0 unspecified atom stereocenters. The van der Waals surface area contributed by atoms with Crippen LogP contribution in [-0.4, -0.2) is 37.6 Å². The number of carbonyl (C=O) groups excluding carboxylic acids is 2. The molecule has 0 aliphatic rings. The average Bonchev–Trinajstić information content (AvgIpc) is 2.65. The molecule has 1 N–H and O–H groups in total. The molecule has 0 radical (unpaired) electrons. The third kappa shape index (κ3) is 6.32. The van der Waals surface area contributed by atoms with Crippen molar-refractivity contribution in [2.75, 3.05) is 17.7 Å². The second-order valence-electron chi connectivity index (χ2n) is 5.54. The molecule has 0 atom stereocenters. The van der Waals surface area contributed by atoms with E-state index in [4.69, 9.17) is 16.3 Å². The molecule has 1 amide bonds. The zero-order chi connectivity index (χ0) is 20.7. The Morgan fingerprint density at radius 1 is 1.07 bits per heavy atom. The Balaban J connectivity index is 1.79. The number of sulfone groups is 1. The van der Waals surface area contributed by atoms with Crippen LogP contribution in [0, 0.1) is 10.1 Å². The Kier molecular flexibility index (Phi) is 7.07. The van der Waals surface area contributed by atoms with Crippen LogP contribution in [0.15, 0.2) is 53.4 Å². The fraction of sp³-hybridized carbons (Fsp3) is 0.176. The van der Waals surface area contributed by atoms with Crippen LogP contribution >= 0.6 is 11.6 Å². The predicted octanol–water partition coefficient (Wildman–Crippen LogP) is 2.59. The van der Waals surface area contributed by atoms with Crippen LogP contribution in [0.1, 0.15) is 6.42 Å². The van der Waals surface area contributed by atoms with Crippen molar-refractivity contribution in [1.29, 1.82) is 0 Å². The monoisotopic (exact) mass is 426 g/mol. The highest BCUT2D eigenvalue weighted by molar-refractivity contribution is 7.91. The number of benzene rings is 2. The lowest BCUT2D eigenvalue weighted by molar-refractivity contribution is -0.384. The van der Waals surface area contributed by atoms with Crippen molar-refractivity contribution < 1.29 is 27.7 Å². The van der Waals surface area contributed by atoms with Gasteiger partial charge in [-0.25, -0.2) is 8.42 Å². The maximum Gasteiger partial charge on any atom is 0.307 e. The summed E-state index contributed by atoms with van der Waals surface area (Å²) in [5, 5.41) is 13.3. The van der Waals surface area contributed by atoms with Crippen molar-refractivity contribution in [3.8, 4) is 0 Å². The molecule has 0 fully saturated rings. The van der Waals surface area contributed by atoms with Crippen molar-refractivity contribution in [3.63, 3.8) is 0 Å². The molecule has 0 saturated carbocycles. The van der Waals surface area contributed by atoms with Crippen LogP contribution in [-0.2, 0) is 24.2 Å². The summed E-state index contributed by atoms with van der Waals surface area (Å²) in [6.45, 7) is -0.614. The SMILES string of the molecule is O=C(COC(=O)CCS(=O)(=O)c1ccc(Cl)cc1)Nc1ccc([N+](=O)[O-])cc1. The number of halogens is 1. The first-order valence-corrected chi connectivity index (χ1v) is 9.88. The fourth-order valence-corrected chi connectivity index (χ4v) is 3.41. The molecule has 0 aliphatic heterocycles. The molecule has 148 valence electrons. The molecular formula is C17H15ClN2O7S. The molecule has 2 aromatic rings. The van der Waals surface area contributed by atoms with Gasteiger partial charge in [0.1, 0.15) is 0 Å². The number of hydrogen-bond acceptors (Lipinski definition) is 7. The van der Waals surface area contributed by atoms with Gasteiger partial charge in [0.05, 0.1) is 22.0 Å². The van der Waals surface area contributed by atoms with Crippen LogP contribution in [0.25, 0.3) is 0 Å². The average molecular weight is 427 g/mol. The Bertz CT molecular complexity index is 974. The highest BCUT2D eigenvalue weighted by atomic mass is 35.5. The molecule has 0 spiro atoms. The van der Waals surface area contributed by atoms with Gasteiger partial charge in [0, 0.05) is 22.8 Å². The van der Waals surface area contributed by atoms with E-state index in [-0.39, 0.29) is 16.3 Å². The van der Waals surface area contributed by atoms with Gasteiger partial charge in [-0.2, -0.15) is 0 Å². The number of rotatable bonds is 8. The number of esters is 1. The molecule has 2 aromatic carbocycles. The molecule has 9 nitrogen and oxygen atoms in total. The highest BCUT2D eigenvalue weighted by Gasteiger charge is 2.18. The number of amides is 1. The Morgan fingerprint density at radius 2 is 1.68 bits per heavy atom. The van der Waals surface area contributed by atoms with Gasteiger partial charge in [-0.05, 0) is 36.4 Å². The number of carbonyl (C=O) groups is 2. The van der Waals surface area contributed by atoms with Gasteiger partial charge in [0.25, 0.3) is 11.6 Å². The summed E-state index contributed by atoms with van der Waals surface area (Å²) in [5.74, 6) is -1.99. The van der Waals surface area contributed by atoms with E-state index in [2.05, 4.69) is 5.32 Å². The molecule has 0 bridgehead atoms. The zero-order valence-electron chi connectivity index (χ0n) is 14.3. The molecular weight excluding hydrogens is 412 g/mol. The lowest BCUT2D eigenvalue weighted by Gasteiger charge is -2.07. The third-order valence-electron chi connectivity index (χ3n) is 3.47. The zero-order valence-corrected chi connectivity index (χ0v) is 15.9. The topological polar surface area (TPSA) is 133 Å². The third-order valence-corrected chi connectivity index (χ3v) is 5.46. The summed E-state index contributed by atoms with van der Waals surface area (Å²) < 4.78 is 29.0. The maximum atomic E-state index is 12.1. The molecule has 0 heterocycles. The summed E-state index contributed by atoms with van der Waals surface area (Å²) in [6.07, 6.45) is -0.421. The van der Waals surface area contributed by atoms with Crippen molar-refractivity contribution in [2.24, 2.45) is 0 Å². The number of nitrogens with one attached hydrogen (secondary N) is 1. The highest BCUT2D eigenvalue weighted by Crippen LogP contribution is 2.17. The number of nitrogens with zero attached hydrogens (tertiary/aromatic N) is 1. The van der Waals surface area contributed by atoms with Crippen molar-refractivity contribution >= 4 is 44.7 Å². The van der Waals surface area contributed by atoms with E-state index >= 15 is 0 Å². The number of ether oxygens (including phenoxy) is 1. The van der Waals surface area contributed by atoms with Crippen LogP contribution in [0.3, 0.4) is 0 Å². The predicted molar refractivity (Wildman–Crippen MR) is 101 cm³/mol. The largest absolute Gasteiger partial charge is 0.456 e. The number of hydrogen-bond donors (Lipinski definition) is 1. The van der Waals surface area contributed by atoms with E-state index in [1.807, 2.05) is 0 Å². The van der Waals surface area contributed by atoms with Crippen LogP contribution in [0.4, 0.5) is 11.4 Å². The molecule has 28 heavy (non-hydrogen) atoms. The number of nitro benzene ring substituents is 1. The number of anilines is 1. The van der Waals surface area contributed by atoms with Gasteiger partial charge in [-0.3, -0.25) is 19.7 Å². The van der Waals surface area contributed by atoms with Gasteiger partial charge in [-0.15, -0.1) is 0 Å². The lowest BCUT2D eigenvalue weighted by atomic mass is 10.3. The van der Waals surface area contributed by atoms with Crippen molar-refractivity contribution in [3.05, 3.63) is 63.7 Å². The number of nitro groups is 1.